The van der Waals surface area contributed by atoms with Crippen LogP contribution in [0.4, 0.5) is 11.5 Å². The summed E-state index contributed by atoms with van der Waals surface area (Å²) in [7, 11) is 0. The Hall–Kier alpha value is -2.14. The number of rotatable bonds is 3. The van der Waals surface area contributed by atoms with Gasteiger partial charge in [0.25, 0.3) is 5.91 Å². The predicted octanol–water partition coefficient (Wildman–Crippen LogP) is 3.75. The van der Waals surface area contributed by atoms with Crippen molar-refractivity contribution in [3.63, 3.8) is 0 Å². The normalized spacial score (nSPS) is 15.5. The van der Waals surface area contributed by atoms with E-state index < -0.39 is 0 Å². The standard InChI is InChI=1S/C17H19ClN4O/c1-12-6-8-22(9-7-12)17(23)15-10-20-16(11-19-15)21-14-5-3-2-4-13(14)18/h2-5,10-12H,6-9H2,1H3,(H,20,21). The second kappa shape index (κ2) is 6.96. The van der Waals surface area contributed by atoms with Gasteiger partial charge < -0.3 is 10.2 Å². The zero-order chi connectivity index (χ0) is 16.2. The van der Waals surface area contributed by atoms with Gasteiger partial charge in [-0.25, -0.2) is 9.97 Å². The first-order chi connectivity index (χ1) is 11.1. The number of anilines is 2. The van der Waals surface area contributed by atoms with Crippen molar-refractivity contribution in [2.24, 2.45) is 5.92 Å². The average Bonchev–Trinajstić information content (AvgIpc) is 2.58. The number of likely N-dealkylation sites (tertiary alicyclic amines) is 1. The van der Waals surface area contributed by atoms with E-state index in [-0.39, 0.29) is 5.91 Å². The van der Waals surface area contributed by atoms with E-state index in [0.29, 0.717) is 22.5 Å². The van der Waals surface area contributed by atoms with E-state index in [1.807, 2.05) is 23.1 Å². The van der Waals surface area contributed by atoms with Crippen LogP contribution in [0, 0.1) is 5.92 Å². The van der Waals surface area contributed by atoms with Crippen LogP contribution in [0.1, 0.15) is 30.3 Å². The highest BCUT2D eigenvalue weighted by molar-refractivity contribution is 6.33. The summed E-state index contributed by atoms with van der Waals surface area (Å²) < 4.78 is 0. The van der Waals surface area contributed by atoms with Gasteiger partial charge in [0.1, 0.15) is 11.5 Å². The van der Waals surface area contributed by atoms with Gasteiger partial charge in [-0.3, -0.25) is 4.79 Å². The van der Waals surface area contributed by atoms with Crippen LogP contribution in [-0.2, 0) is 0 Å². The van der Waals surface area contributed by atoms with E-state index >= 15 is 0 Å². The third kappa shape index (κ3) is 3.79. The fourth-order valence-corrected chi connectivity index (χ4v) is 2.76. The summed E-state index contributed by atoms with van der Waals surface area (Å²) in [4.78, 5) is 22.8. The lowest BCUT2D eigenvalue weighted by Crippen LogP contribution is -2.38. The van der Waals surface area contributed by atoms with Crippen LogP contribution < -0.4 is 5.32 Å². The van der Waals surface area contributed by atoms with Crippen LogP contribution in [0.25, 0.3) is 0 Å². The number of amides is 1. The van der Waals surface area contributed by atoms with Gasteiger partial charge in [0.15, 0.2) is 0 Å². The van der Waals surface area contributed by atoms with Crippen molar-refractivity contribution >= 4 is 29.0 Å². The highest BCUT2D eigenvalue weighted by Crippen LogP contribution is 2.23. The maximum Gasteiger partial charge on any atom is 0.274 e. The van der Waals surface area contributed by atoms with Crippen molar-refractivity contribution in [1.82, 2.24) is 14.9 Å². The Balaban J connectivity index is 1.67. The number of piperidine rings is 1. The Kier molecular flexibility index (Phi) is 4.76. The Labute approximate surface area is 140 Å². The molecule has 2 aromatic rings. The van der Waals surface area contributed by atoms with E-state index in [0.717, 1.165) is 31.6 Å². The lowest BCUT2D eigenvalue weighted by molar-refractivity contribution is 0.0691. The number of carbonyl (C=O) groups excluding carboxylic acids is 1. The van der Waals surface area contributed by atoms with Crippen LogP contribution in [0.5, 0.6) is 0 Å². The van der Waals surface area contributed by atoms with Crippen molar-refractivity contribution in [2.75, 3.05) is 18.4 Å². The zero-order valence-electron chi connectivity index (χ0n) is 13.0. The van der Waals surface area contributed by atoms with Crippen molar-refractivity contribution in [3.8, 4) is 0 Å². The number of hydrogen-bond acceptors (Lipinski definition) is 4. The van der Waals surface area contributed by atoms with Gasteiger partial charge in [0, 0.05) is 13.1 Å². The summed E-state index contributed by atoms with van der Waals surface area (Å²) in [6.45, 7) is 3.80. The quantitative estimate of drug-likeness (QED) is 0.931. The molecule has 0 unspecified atom stereocenters. The molecule has 0 spiro atoms. The van der Waals surface area contributed by atoms with Crippen molar-refractivity contribution < 1.29 is 4.79 Å². The Bertz CT molecular complexity index is 681. The molecule has 0 radical (unpaired) electrons. The molecule has 3 rings (SSSR count). The van der Waals surface area contributed by atoms with Gasteiger partial charge in [-0.2, -0.15) is 0 Å². The van der Waals surface area contributed by atoms with Crippen LogP contribution in [0.15, 0.2) is 36.7 Å². The highest BCUT2D eigenvalue weighted by Gasteiger charge is 2.22. The van der Waals surface area contributed by atoms with Crippen molar-refractivity contribution in [2.45, 2.75) is 19.8 Å². The minimum absolute atomic E-state index is 0.0475. The molecule has 2 heterocycles. The van der Waals surface area contributed by atoms with E-state index in [9.17, 15) is 4.79 Å². The number of nitrogens with zero attached hydrogens (tertiary/aromatic N) is 3. The fourth-order valence-electron chi connectivity index (χ4n) is 2.58. The fraction of sp³-hybridized carbons (Fsp3) is 0.353. The summed E-state index contributed by atoms with van der Waals surface area (Å²) in [6, 6.07) is 7.40. The van der Waals surface area contributed by atoms with Gasteiger partial charge in [0.05, 0.1) is 23.1 Å². The molecule has 23 heavy (non-hydrogen) atoms. The molecule has 1 amide bonds. The molecule has 0 bridgehead atoms. The number of para-hydroxylation sites is 1. The van der Waals surface area contributed by atoms with Crippen LogP contribution in [0.3, 0.4) is 0 Å². The molecule has 1 fully saturated rings. The molecule has 1 aliphatic rings. The van der Waals surface area contributed by atoms with E-state index in [1.165, 1.54) is 6.20 Å². The second-order valence-electron chi connectivity index (χ2n) is 5.87. The smallest absolute Gasteiger partial charge is 0.274 e. The summed E-state index contributed by atoms with van der Waals surface area (Å²) in [5, 5.41) is 3.70. The molecule has 120 valence electrons. The van der Waals surface area contributed by atoms with E-state index in [1.54, 1.807) is 12.3 Å². The van der Waals surface area contributed by atoms with Crippen LogP contribution in [0.2, 0.25) is 5.02 Å². The number of halogens is 1. The van der Waals surface area contributed by atoms with Gasteiger partial charge in [0.2, 0.25) is 0 Å². The SMILES string of the molecule is CC1CCN(C(=O)c2cnc(Nc3ccccc3Cl)cn2)CC1. The first kappa shape index (κ1) is 15.7. The predicted molar refractivity (Wildman–Crippen MR) is 91.1 cm³/mol. The number of nitrogens with one attached hydrogen (secondary N) is 1. The lowest BCUT2D eigenvalue weighted by atomic mass is 9.99. The molecular weight excluding hydrogens is 312 g/mol. The van der Waals surface area contributed by atoms with Gasteiger partial charge >= 0.3 is 0 Å². The topological polar surface area (TPSA) is 58.1 Å². The molecule has 0 saturated carbocycles. The average molecular weight is 331 g/mol. The molecule has 6 heteroatoms. The highest BCUT2D eigenvalue weighted by atomic mass is 35.5. The first-order valence-electron chi connectivity index (χ1n) is 7.76. The zero-order valence-corrected chi connectivity index (χ0v) is 13.8. The Morgan fingerprint density at radius 2 is 1.96 bits per heavy atom. The molecular formula is C17H19ClN4O. The minimum atomic E-state index is -0.0475. The Morgan fingerprint density at radius 3 is 2.61 bits per heavy atom. The molecule has 5 nitrogen and oxygen atoms in total. The van der Waals surface area contributed by atoms with Gasteiger partial charge in [-0.1, -0.05) is 30.7 Å². The molecule has 0 atom stereocenters. The monoisotopic (exact) mass is 330 g/mol. The van der Waals surface area contributed by atoms with Crippen molar-refractivity contribution in [1.29, 1.82) is 0 Å². The molecule has 1 aliphatic heterocycles. The van der Waals surface area contributed by atoms with Crippen LogP contribution >= 0.6 is 11.6 Å². The summed E-state index contributed by atoms with van der Waals surface area (Å²) >= 11 is 6.10. The molecule has 1 N–H and O–H groups in total. The number of hydrogen-bond donors (Lipinski definition) is 1. The summed E-state index contributed by atoms with van der Waals surface area (Å²) in [5.74, 6) is 1.20. The maximum absolute atomic E-state index is 12.4. The summed E-state index contributed by atoms with van der Waals surface area (Å²) in [5.41, 5.74) is 1.14. The van der Waals surface area contributed by atoms with E-state index in [2.05, 4.69) is 22.2 Å². The minimum Gasteiger partial charge on any atom is -0.338 e. The largest absolute Gasteiger partial charge is 0.338 e. The third-order valence-corrected chi connectivity index (χ3v) is 4.41. The molecule has 1 saturated heterocycles. The maximum atomic E-state index is 12.4. The number of carbonyl (C=O) groups is 1. The molecule has 0 aliphatic carbocycles. The first-order valence-corrected chi connectivity index (χ1v) is 8.14. The Morgan fingerprint density at radius 1 is 1.22 bits per heavy atom. The van der Waals surface area contributed by atoms with Crippen molar-refractivity contribution in [3.05, 3.63) is 47.4 Å². The summed E-state index contributed by atoms with van der Waals surface area (Å²) in [6.07, 6.45) is 5.17. The molecule has 1 aromatic heterocycles. The number of benzene rings is 1. The number of aromatic nitrogens is 2. The lowest BCUT2D eigenvalue weighted by Gasteiger charge is -2.29. The second-order valence-corrected chi connectivity index (χ2v) is 6.27. The van der Waals surface area contributed by atoms with Crippen LogP contribution in [-0.4, -0.2) is 33.9 Å². The van der Waals surface area contributed by atoms with E-state index in [4.69, 9.17) is 11.6 Å². The third-order valence-electron chi connectivity index (χ3n) is 4.08. The molecule has 1 aromatic carbocycles. The van der Waals surface area contributed by atoms with Gasteiger partial charge in [-0.05, 0) is 30.9 Å². The van der Waals surface area contributed by atoms with Gasteiger partial charge in [-0.15, -0.1) is 0 Å².